The second kappa shape index (κ2) is 11.4. The van der Waals surface area contributed by atoms with Crippen LogP contribution < -0.4 is 0 Å². The van der Waals surface area contributed by atoms with E-state index < -0.39 is 102 Å². The van der Waals surface area contributed by atoms with Gasteiger partial charge in [-0.15, -0.1) is 0 Å². The Morgan fingerprint density at radius 3 is 0.980 bits per heavy atom. The van der Waals surface area contributed by atoms with Gasteiger partial charge >= 0.3 is 0 Å². The van der Waals surface area contributed by atoms with Crippen molar-refractivity contribution < 1.29 is 44.1 Å². The maximum absolute atomic E-state index is 12.5. The molecule has 0 N–H and O–H groups in total. The van der Waals surface area contributed by atoms with Gasteiger partial charge < -0.3 is 0 Å². The summed E-state index contributed by atoms with van der Waals surface area (Å²) in [4.78, 5) is 95.9. The average Bonchev–Trinajstić information content (AvgIpc) is 3.49. The molecule has 23 nitrogen and oxygen atoms in total. The Kier molecular flexibility index (Phi) is 7.56. The molecule has 0 bridgehead atoms. The maximum atomic E-state index is 12.5. The number of ketones is 2. The van der Waals surface area contributed by atoms with Crippen LogP contribution in [0.4, 0.5) is 39.8 Å². The van der Waals surface area contributed by atoms with Gasteiger partial charge in [-0.2, -0.15) is 0 Å². The van der Waals surface area contributed by atoms with Crippen molar-refractivity contribution in [2.45, 2.75) is 0 Å². The first kappa shape index (κ1) is 32.4. The summed E-state index contributed by atoms with van der Waals surface area (Å²) >= 11 is 0. The van der Waals surface area contributed by atoms with Crippen LogP contribution in [0.5, 0.6) is 0 Å². The molecule has 244 valence electrons. The Hall–Kier alpha value is -7.98. The van der Waals surface area contributed by atoms with Gasteiger partial charge in [-0.05, 0) is 6.07 Å². The molecule has 2 aliphatic rings. The fourth-order valence-corrected chi connectivity index (χ4v) is 5.27. The monoisotopic (exact) mass is 675 g/mol. The highest BCUT2D eigenvalue weighted by Gasteiger charge is 2.42. The number of nitro groups is 7. The molecule has 6 rings (SSSR count). The zero-order valence-corrected chi connectivity index (χ0v) is 23.4. The van der Waals surface area contributed by atoms with E-state index in [1.807, 2.05) is 0 Å². The second-order valence-electron chi connectivity index (χ2n) is 9.85. The first-order chi connectivity index (χ1) is 22.9. The molecule has 0 fully saturated rings. The van der Waals surface area contributed by atoms with Gasteiger partial charge in [0, 0.05) is 58.1 Å². The Morgan fingerprint density at radius 2 is 0.633 bits per heavy atom. The van der Waals surface area contributed by atoms with E-state index in [2.05, 4.69) is 0 Å². The molecule has 0 atom stereocenters. The minimum Gasteiger partial charge on any atom is -0.289 e. The minimum absolute atomic E-state index is 0.0597. The normalized spacial score (nSPS) is 11.7. The summed E-state index contributed by atoms with van der Waals surface area (Å²) in [5, 5.41) is 77.4. The van der Waals surface area contributed by atoms with Crippen molar-refractivity contribution >= 4 is 51.4 Å². The highest BCUT2D eigenvalue weighted by Crippen LogP contribution is 2.50. The predicted octanol–water partition coefficient (Wildman–Crippen LogP) is 5.15. The third-order valence-electron chi connectivity index (χ3n) is 7.24. The van der Waals surface area contributed by atoms with Crippen LogP contribution in [0.1, 0.15) is 31.8 Å². The van der Waals surface area contributed by atoms with Crippen LogP contribution in [0.25, 0.3) is 22.3 Å². The number of rotatable bonds is 7. The van der Waals surface area contributed by atoms with Gasteiger partial charge in [-0.25, -0.2) is 0 Å². The van der Waals surface area contributed by atoms with E-state index in [0.29, 0.717) is 12.1 Å². The second-order valence-corrected chi connectivity index (χ2v) is 9.85. The first-order valence-corrected chi connectivity index (χ1v) is 12.7. The number of hydrogen-bond donors (Lipinski definition) is 0. The molecule has 0 aromatic heterocycles. The van der Waals surface area contributed by atoms with E-state index in [-0.39, 0.29) is 27.9 Å². The number of carbonyl (C=O) groups is 2. The third kappa shape index (κ3) is 5.25. The molecule has 0 radical (unpaired) electrons. The van der Waals surface area contributed by atoms with Crippen molar-refractivity contribution in [3.63, 3.8) is 0 Å². The molecule has 0 spiro atoms. The molecule has 49 heavy (non-hydrogen) atoms. The van der Waals surface area contributed by atoms with Gasteiger partial charge in [0.05, 0.1) is 69.4 Å². The molecule has 0 heterocycles. The SMILES string of the molecule is O=C1c2cc([N+](=O)[O-])cc([N+](=O)[O-])c2-c2c1cc([N+](=O)[O-])cc2[N+](=O)[O-].O=C1c2cc([N+](=O)[O-])ccc2-c2c1cc([N+](=O)[O-])cc2[N+](=O)[O-]. The van der Waals surface area contributed by atoms with E-state index in [9.17, 15) is 80.4 Å². The van der Waals surface area contributed by atoms with Crippen LogP contribution >= 0.6 is 0 Å². The lowest BCUT2D eigenvalue weighted by Gasteiger charge is -2.03. The third-order valence-corrected chi connectivity index (χ3v) is 7.24. The Morgan fingerprint density at radius 1 is 0.327 bits per heavy atom. The van der Waals surface area contributed by atoms with Gasteiger partial charge in [-0.1, -0.05) is 0 Å². The van der Waals surface area contributed by atoms with Gasteiger partial charge in [0.15, 0.2) is 11.6 Å². The van der Waals surface area contributed by atoms with Gasteiger partial charge in [-0.3, -0.25) is 80.4 Å². The Balaban J connectivity index is 0.000000192. The van der Waals surface area contributed by atoms with Crippen LogP contribution in [0, 0.1) is 70.8 Å². The average molecular weight is 675 g/mol. The van der Waals surface area contributed by atoms with Crippen molar-refractivity contribution in [3.05, 3.63) is 148 Å². The van der Waals surface area contributed by atoms with Gasteiger partial charge in [0.1, 0.15) is 0 Å². The number of non-ortho nitro benzene ring substituents is 4. The fraction of sp³-hybridized carbons (Fsp3) is 0. The molecule has 0 saturated heterocycles. The van der Waals surface area contributed by atoms with Crippen LogP contribution in [0.2, 0.25) is 0 Å². The molecule has 0 amide bonds. The number of nitrogens with zero attached hydrogens (tertiary/aromatic N) is 7. The van der Waals surface area contributed by atoms with Crippen LogP contribution in [-0.4, -0.2) is 46.0 Å². The molecule has 4 aromatic rings. The molecule has 0 aliphatic heterocycles. The molecule has 0 unspecified atom stereocenters. The summed E-state index contributed by atoms with van der Waals surface area (Å²) in [6, 6.07) is 7.72. The largest absolute Gasteiger partial charge is 0.289 e. The van der Waals surface area contributed by atoms with E-state index in [1.54, 1.807) is 0 Å². The number of nitro benzene ring substituents is 7. The van der Waals surface area contributed by atoms with Gasteiger partial charge in [0.25, 0.3) is 39.8 Å². The number of benzene rings is 4. The minimum atomic E-state index is -1.01. The van der Waals surface area contributed by atoms with E-state index in [0.717, 1.165) is 36.4 Å². The first-order valence-electron chi connectivity index (χ1n) is 12.7. The summed E-state index contributed by atoms with van der Waals surface area (Å²) in [5.41, 5.74) is -6.92. The highest BCUT2D eigenvalue weighted by molar-refractivity contribution is 6.25. The molecule has 4 aromatic carbocycles. The van der Waals surface area contributed by atoms with Gasteiger partial charge in [0.2, 0.25) is 0 Å². The summed E-state index contributed by atoms with van der Waals surface area (Å²) < 4.78 is 0. The molecule has 23 heteroatoms. The quantitative estimate of drug-likeness (QED) is 0.156. The topological polar surface area (TPSA) is 336 Å². The molecular weight excluding hydrogens is 666 g/mol. The fourth-order valence-electron chi connectivity index (χ4n) is 5.27. The number of hydrogen-bond acceptors (Lipinski definition) is 16. The van der Waals surface area contributed by atoms with Crippen molar-refractivity contribution in [3.8, 4) is 22.3 Å². The lowest BCUT2D eigenvalue weighted by molar-refractivity contribution is -0.395. The smallest absolute Gasteiger partial charge is 0.285 e. The molecular formula is C26H9N7O16. The molecule has 2 aliphatic carbocycles. The summed E-state index contributed by atoms with van der Waals surface area (Å²) in [7, 11) is 0. The lowest BCUT2D eigenvalue weighted by atomic mass is 10.0. The van der Waals surface area contributed by atoms with E-state index in [1.165, 1.54) is 6.07 Å². The van der Waals surface area contributed by atoms with Crippen LogP contribution in [0.3, 0.4) is 0 Å². The van der Waals surface area contributed by atoms with E-state index in [4.69, 9.17) is 0 Å². The van der Waals surface area contributed by atoms with Crippen molar-refractivity contribution in [2.24, 2.45) is 0 Å². The molecule has 0 saturated carbocycles. The van der Waals surface area contributed by atoms with E-state index >= 15 is 0 Å². The number of fused-ring (bicyclic) bond motifs is 6. The maximum Gasteiger partial charge on any atom is 0.285 e. The van der Waals surface area contributed by atoms with Crippen molar-refractivity contribution in [1.82, 2.24) is 0 Å². The highest BCUT2D eigenvalue weighted by atomic mass is 16.7. The summed E-state index contributed by atoms with van der Waals surface area (Å²) in [6.07, 6.45) is 0. The van der Waals surface area contributed by atoms with Crippen molar-refractivity contribution in [2.75, 3.05) is 0 Å². The van der Waals surface area contributed by atoms with Crippen molar-refractivity contribution in [1.29, 1.82) is 0 Å². The van der Waals surface area contributed by atoms with Crippen LogP contribution in [0.15, 0.2) is 54.6 Å². The van der Waals surface area contributed by atoms with Crippen LogP contribution in [-0.2, 0) is 0 Å². The standard InChI is InChI=1S/C13H4N4O9.C13H5N3O7/c18-13-7-1-5(14(19)20)3-9(16(23)24)11(7)12-8(13)2-6(15(21)22)4-10(12)17(25)26;17-13-9-3-6(14(18)19)1-2-8(9)12-10(13)4-7(15(20)21)5-11(12)16(22)23/h1-4H;1-5H. The summed E-state index contributed by atoms with van der Waals surface area (Å²) in [6.45, 7) is 0. The summed E-state index contributed by atoms with van der Waals surface area (Å²) in [5.74, 6) is -1.72. The Labute approximate surface area is 265 Å². The zero-order chi connectivity index (χ0) is 36.2. The predicted molar refractivity (Wildman–Crippen MR) is 157 cm³/mol. The zero-order valence-electron chi connectivity index (χ0n) is 23.4. The lowest BCUT2D eigenvalue weighted by Crippen LogP contribution is -2.00. The number of carbonyl (C=O) groups excluding carboxylic acids is 2. The Bertz CT molecular complexity index is 2250.